The molecule has 10 heteroatoms. The third kappa shape index (κ3) is 5.82. The Kier molecular flexibility index (Phi) is 7.85. The molecule has 3 aliphatic rings. The Hall–Kier alpha value is -3.63. The second-order valence-corrected chi connectivity index (χ2v) is 13.7. The third-order valence-electron chi connectivity index (χ3n) is 8.72. The van der Waals surface area contributed by atoms with E-state index in [0.29, 0.717) is 61.8 Å². The van der Waals surface area contributed by atoms with E-state index in [1.807, 2.05) is 50.2 Å². The maximum atomic E-state index is 15.4. The minimum Gasteiger partial charge on any atom is -0.492 e. The molecule has 8 nitrogen and oxygen atoms in total. The second kappa shape index (κ2) is 11.5. The number of methoxy groups -OCH3 is 1. The van der Waals surface area contributed by atoms with Crippen molar-refractivity contribution in [2.75, 3.05) is 33.1 Å². The van der Waals surface area contributed by atoms with Crippen molar-refractivity contribution in [1.29, 1.82) is 0 Å². The van der Waals surface area contributed by atoms with Gasteiger partial charge in [-0.05, 0) is 85.2 Å². The molecular weight excluding hydrogens is 573 g/mol. The van der Waals surface area contributed by atoms with Crippen LogP contribution in [0.4, 0.5) is 4.39 Å². The van der Waals surface area contributed by atoms with Crippen LogP contribution in [-0.4, -0.2) is 57.9 Å². The number of esters is 1. The van der Waals surface area contributed by atoms with E-state index in [9.17, 15) is 13.2 Å². The van der Waals surface area contributed by atoms with Crippen LogP contribution in [0.3, 0.4) is 0 Å². The lowest BCUT2D eigenvalue weighted by Crippen LogP contribution is -2.29. The van der Waals surface area contributed by atoms with Crippen LogP contribution in [0.15, 0.2) is 42.5 Å². The smallest absolute Gasteiger partial charge is 0.306 e. The fourth-order valence-electron chi connectivity index (χ4n) is 6.68. The number of sulfonamides is 1. The van der Waals surface area contributed by atoms with Gasteiger partial charge in [-0.3, -0.25) is 4.79 Å². The molecule has 6 rings (SSSR count). The largest absolute Gasteiger partial charge is 0.492 e. The zero-order chi connectivity index (χ0) is 30.5. The van der Waals surface area contributed by atoms with Crippen LogP contribution in [0, 0.1) is 19.7 Å². The molecule has 0 amide bonds. The molecule has 1 saturated heterocycles. The first-order valence-corrected chi connectivity index (χ1v) is 16.4. The first-order chi connectivity index (χ1) is 20.5. The van der Waals surface area contributed by atoms with Gasteiger partial charge in [0, 0.05) is 29.7 Å². The number of nitrogens with zero attached hydrogens (tertiary/aromatic N) is 1. The highest BCUT2D eigenvalue weighted by Gasteiger charge is 2.33. The number of hydrogen-bond donors (Lipinski definition) is 0. The quantitative estimate of drug-likeness (QED) is 0.306. The van der Waals surface area contributed by atoms with Gasteiger partial charge in [0.25, 0.3) is 0 Å². The van der Waals surface area contributed by atoms with Crippen molar-refractivity contribution < 1.29 is 36.6 Å². The summed E-state index contributed by atoms with van der Waals surface area (Å²) in [5, 5.41) is 0. The highest BCUT2D eigenvalue weighted by Crippen LogP contribution is 2.45. The van der Waals surface area contributed by atoms with E-state index in [0.717, 1.165) is 33.4 Å². The van der Waals surface area contributed by atoms with E-state index in [1.165, 1.54) is 23.7 Å². The van der Waals surface area contributed by atoms with Crippen LogP contribution >= 0.6 is 0 Å². The standard InChI is InChI=1S/C33H36FNO7S/c1-19-13-24(41-23-11-12-35(17-23)43(4,37)38)14-20(2)32(19)26-7-9-28(34)33-27(26)8-10-29(33)42-22-5-6-25-21(15-31(36)39-3)18-40-30(25)16-22/h5-7,9,13-14,16,21,23,29H,8,10-12,15,17-18H2,1-4H3/t21?,23-,29+/m0/s1. The number of rotatable bonds is 8. The van der Waals surface area contributed by atoms with Crippen LogP contribution in [0.2, 0.25) is 0 Å². The fourth-order valence-corrected chi connectivity index (χ4v) is 7.55. The Labute approximate surface area is 251 Å². The van der Waals surface area contributed by atoms with Gasteiger partial charge in [-0.1, -0.05) is 12.1 Å². The van der Waals surface area contributed by atoms with Gasteiger partial charge in [0.1, 0.15) is 35.3 Å². The molecule has 0 saturated carbocycles. The van der Waals surface area contributed by atoms with Crippen molar-refractivity contribution in [3.63, 3.8) is 0 Å². The molecule has 3 aromatic carbocycles. The summed E-state index contributed by atoms with van der Waals surface area (Å²) in [7, 11) is -1.86. The van der Waals surface area contributed by atoms with Gasteiger partial charge in [0.2, 0.25) is 10.0 Å². The highest BCUT2D eigenvalue weighted by molar-refractivity contribution is 7.88. The number of hydrogen-bond acceptors (Lipinski definition) is 7. The average molecular weight is 610 g/mol. The molecule has 228 valence electrons. The van der Waals surface area contributed by atoms with Gasteiger partial charge in [-0.25, -0.2) is 12.8 Å². The molecule has 0 radical (unpaired) electrons. The number of fused-ring (bicyclic) bond motifs is 2. The number of carbonyl (C=O) groups excluding carboxylic acids is 1. The van der Waals surface area contributed by atoms with E-state index < -0.39 is 16.1 Å². The zero-order valence-electron chi connectivity index (χ0n) is 24.8. The van der Waals surface area contributed by atoms with Crippen molar-refractivity contribution in [3.05, 3.63) is 76.1 Å². The summed E-state index contributed by atoms with van der Waals surface area (Å²) in [5.41, 5.74) is 6.49. The van der Waals surface area contributed by atoms with Crippen molar-refractivity contribution >= 4 is 16.0 Å². The Balaban J connectivity index is 1.22. The predicted molar refractivity (Wildman–Crippen MR) is 160 cm³/mol. The maximum Gasteiger partial charge on any atom is 0.306 e. The minimum absolute atomic E-state index is 0.0627. The molecule has 0 spiro atoms. The number of aryl methyl sites for hydroxylation is 2. The van der Waals surface area contributed by atoms with Gasteiger partial charge >= 0.3 is 5.97 Å². The molecule has 2 aliphatic heterocycles. The van der Waals surface area contributed by atoms with E-state index in [2.05, 4.69) is 0 Å². The maximum absolute atomic E-state index is 15.4. The van der Waals surface area contributed by atoms with Crippen molar-refractivity contribution in [2.45, 2.75) is 57.7 Å². The predicted octanol–water partition coefficient (Wildman–Crippen LogP) is 5.63. The van der Waals surface area contributed by atoms with Crippen molar-refractivity contribution in [3.8, 4) is 28.4 Å². The van der Waals surface area contributed by atoms with Gasteiger partial charge in [-0.2, -0.15) is 4.31 Å². The molecular formula is C33H36FNO7S. The molecule has 3 atom stereocenters. The second-order valence-electron chi connectivity index (χ2n) is 11.7. The van der Waals surface area contributed by atoms with Gasteiger partial charge in [0.15, 0.2) is 0 Å². The lowest BCUT2D eigenvalue weighted by atomic mass is 9.90. The summed E-state index contributed by atoms with van der Waals surface area (Å²) in [5.74, 6) is 1.34. The molecule has 1 aliphatic carbocycles. The van der Waals surface area contributed by atoms with Crippen LogP contribution in [0.1, 0.15) is 59.1 Å². The first-order valence-electron chi connectivity index (χ1n) is 14.6. The van der Waals surface area contributed by atoms with Crippen molar-refractivity contribution in [1.82, 2.24) is 4.31 Å². The van der Waals surface area contributed by atoms with E-state index in [1.54, 1.807) is 0 Å². The van der Waals surface area contributed by atoms with Crippen LogP contribution in [0.25, 0.3) is 11.1 Å². The van der Waals surface area contributed by atoms with E-state index in [4.69, 9.17) is 18.9 Å². The van der Waals surface area contributed by atoms with E-state index >= 15 is 4.39 Å². The Morgan fingerprint density at radius 1 is 1.05 bits per heavy atom. The summed E-state index contributed by atoms with van der Waals surface area (Å²) in [6, 6.07) is 12.9. The molecule has 1 unspecified atom stereocenters. The van der Waals surface area contributed by atoms with Crippen molar-refractivity contribution in [2.24, 2.45) is 0 Å². The van der Waals surface area contributed by atoms with Crippen LogP contribution in [-0.2, 0) is 26.0 Å². The Morgan fingerprint density at radius 2 is 1.81 bits per heavy atom. The number of ether oxygens (including phenoxy) is 4. The first kappa shape index (κ1) is 29.4. The van der Waals surface area contributed by atoms with E-state index in [-0.39, 0.29) is 30.2 Å². The SMILES string of the molecule is COC(=O)CC1COc2cc(O[C@@H]3CCc4c(-c5c(C)cc(O[C@H]6CCN(S(C)(=O)=O)C6)cc5C)ccc(F)c43)ccc21. The normalized spacial score (nSPS) is 21.3. The number of benzene rings is 3. The summed E-state index contributed by atoms with van der Waals surface area (Å²) in [4.78, 5) is 11.8. The minimum atomic E-state index is -3.24. The Morgan fingerprint density at radius 3 is 2.51 bits per heavy atom. The molecule has 2 heterocycles. The Bertz CT molecular complexity index is 1670. The third-order valence-corrected chi connectivity index (χ3v) is 9.99. The topological polar surface area (TPSA) is 91.4 Å². The molecule has 0 N–H and O–H groups in total. The number of carbonyl (C=O) groups is 1. The molecule has 1 fully saturated rings. The highest BCUT2D eigenvalue weighted by atomic mass is 32.2. The fraction of sp³-hybridized carbons (Fsp3) is 0.424. The summed E-state index contributed by atoms with van der Waals surface area (Å²) >= 11 is 0. The molecule has 3 aromatic rings. The molecule has 43 heavy (non-hydrogen) atoms. The molecule has 0 aromatic heterocycles. The van der Waals surface area contributed by atoms with Gasteiger partial charge in [0.05, 0.1) is 32.9 Å². The van der Waals surface area contributed by atoms with Gasteiger partial charge in [-0.15, -0.1) is 0 Å². The van der Waals surface area contributed by atoms with Gasteiger partial charge < -0.3 is 18.9 Å². The summed E-state index contributed by atoms with van der Waals surface area (Å²) in [6.07, 6.45) is 2.80. The lowest BCUT2D eigenvalue weighted by molar-refractivity contribution is -0.141. The molecule has 0 bridgehead atoms. The zero-order valence-corrected chi connectivity index (χ0v) is 25.6. The number of halogens is 1. The van der Waals surface area contributed by atoms with Crippen LogP contribution in [0.5, 0.6) is 17.2 Å². The monoisotopic (exact) mass is 609 g/mol. The lowest BCUT2D eigenvalue weighted by Gasteiger charge is -2.20. The van der Waals surface area contributed by atoms with Crippen LogP contribution < -0.4 is 14.2 Å². The summed E-state index contributed by atoms with van der Waals surface area (Å²) < 4.78 is 63.8. The summed E-state index contributed by atoms with van der Waals surface area (Å²) in [6.45, 7) is 5.24. The average Bonchev–Trinajstić information content (AvgIpc) is 3.69.